The van der Waals surface area contributed by atoms with Gasteiger partial charge in [0.2, 0.25) is 5.91 Å². The van der Waals surface area contributed by atoms with Gasteiger partial charge in [0.05, 0.1) is 10.3 Å². The lowest BCUT2D eigenvalue weighted by Gasteiger charge is -2.13. The summed E-state index contributed by atoms with van der Waals surface area (Å²) in [5.41, 5.74) is 0.971. The molecule has 1 aliphatic rings. The van der Waals surface area contributed by atoms with Gasteiger partial charge in [0.15, 0.2) is 11.0 Å². The number of aromatic nitrogens is 5. The number of anilines is 1. The van der Waals surface area contributed by atoms with Crippen LogP contribution in [0.5, 0.6) is 0 Å². The number of hydrogen-bond acceptors (Lipinski definition) is 6. The van der Waals surface area contributed by atoms with Crippen LogP contribution in [-0.2, 0) is 4.79 Å². The zero-order valence-corrected chi connectivity index (χ0v) is 16.1. The summed E-state index contributed by atoms with van der Waals surface area (Å²) in [7, 11) is 0. The van der Waals surface area contributed by atoms with E-state index in [1.165, 1.54) is 18.0 Å². The molecule has 3 aromatic heterocycles. The van der Waals surface area contributed by atoms with Crippen LogP contribution in [0.4, 0.5) is 5.82 Å². The van der Waals surface area contributed by atoms with Gasteiger partial charge in [-0.15, -0.1) is 10.2 Å². The first-order valence-electron chi connectivity index (χ1n) is 8.56. The number of halogens is 1. The summed E-state index contributed by atoms with van der Waals surface area (Å²) in [6.07, 6.45) is 7.17. The minimum Gasteiger partial charge on any atom is -0.310 e. The van der Waals surface area contributed by atoms with Gasteiger partial charge >= 0.3 is 0 Å². The highest BCUT2D eigenvalue weighted by Gasteiger charge is 2.31. The summed E-state index contributed by atoms with van der Waals surface area (Å²) in [5.74, 6) is 1.14. The maximum atomic E-state index is 12.5. The third kappa shape index (κ3) is 4.12. The van der Waals surface area contributed by atoms with Crippen LogP contribution >= 0.6 is 23.4 Å². The standard InChI is InChI=1S/C18H17ClN6OS/c1-11(17(26)22-15-5-2-13(19)10-21-15)27-18-24-23-16(25(18)14-3-4-14)12-6-8-20-9-7-12/h2,5-11,14H,3-4H2,1H3,(H,21,22,26)/t11-/m1/s1. The lowest BCUT2D eigenvalue weighted by Crippen LogP contribution is -2.23. The Balaban J connectivity index is 1.51. The molecule has 1 fully saturated rings. The van der Waals surface area contributed by atoms with E-state index < -0.39 is 0 Å². The molecule has 1 amide bonds. The molecule has 0 unspecified atom stereocenters. The average molecular weight is 401 g/mol. The average Bonchev–Trinajstić information content (AvgIpc) is 3.44. The second kappa shape index (κ2) is 7.66. The van der Waals surface area contributed by atoms with Gasteiger partial charge in [-0.05, 0) is 44.0 Å². The maximum Gasteiger partial charge on any atom is 0.238 e. The van der Waals surface area contributed by atoms with Gasteiger partial charge in [0.25, 0.3) is 0 Å². The number of hydrogen-bond donors (Lipinski definition) is 1. The van der Waals surface area contributed by atoms with E-state index in [1.807, 2.05) is 19.1 Å². The molecular weight excluding hydrogens is 384 g/mol. The fourth-order valence-corrected chi connectivity index (χ4v) is 3.64. The van der Waals surface area contributed by atoms with Gasteiger partial charge in [0.1, 0.15) is 5.82 Å². The Kier molecular flexibility index (Phi) is 5.09. The maximum absolute atomic E-state index is 12.5. The highest BCUT2D eigenvalue weighted by molar-refractivity contribution is 8.00. The monoisotopic (exact) mass is 400 g/mol. The summed E-state index contributed by atoms with van der Waals surface area (Å²) < 4.78 is 2.13. The van der Waals surface area contributed by atoms with Crippen molar-refractivity contribution in [1.82, 2.24) is 24.7 Å². The first-order valence-corrected chi connectivity index (χ1v) is 9.82. The van der Waals surface area contributed by atoms with Gasteiger partial charge in [0, 0.05) is 30.2 Å². The van der Waals surface area contributed by atoms with E-state index >= 15 is 0 Å². The third-order valence-corrected chi connectivity index (χ3v) is 5.43. The lowest BCUT2D eigenvalue weighted by molar-refractivity contribution is -0.115. The van der Waals surface area contributed by atoms with E-state index in [0.717, 1.165) is 29.4 Å². The molecule has 1 atom stereocenters. The summed E-state index contributed by atoms with van der Waals surface area (Å²) in [6.45, 7) is 1.84. The zero-order chi connectivity index (χ0) is 18.8. The fraction of sp³-hybridized carbons (Fsp3) is 0.278. The summed E-state index contributed by atoms with van der Waals surface area (Å²) in [4.78, 5) is 20.7. The van der Waals surface area contributed by atoms with Crippen molar-refractivity contribution < 1.29 is 4.79 Å². The van der Waals surface area contributed by atoms with Crippen LogP contribution in [0.15, 0.2) is 48.0 Å². The van der Waals surface area contributed by atoms with Crippen molar-refractivity contribution in [2.75, 3.05) is 5.32 Å². The van der Waals surface area contributed by atoms with E-state index in [9.17, 15) is 4.79 Å². The number of pyridine rings is 2. The van der Waals surface area contributed by atoms with E-state index in [4.69, 9.17) is 11.6 Å². The Hall–Kier alpha value is -2.45. The quantitative estimate of drug-likeness (QED) is 0.632. The molecule has 0 saturated heterocycles. The summed E-state index contributed by atoms with van der Waals surface area (Å²) >= 11 is 7.22. The third-order valence-electron chi connectivity index (χ3n) is 4.15. The van der Waals surface area contributed by atoms with E-state index in [1.54, 1.807) is 24.5 Å². The number of thioether (sulfide) groups is 1. The molecular formula is C18H17ClN6OS. The SMILES string of the molecule is C[C@@H](Sc1nnc(-c2ccncc2)n1C1CC1)C(=O)Nc1ccc(Cl)cn1. The van der Waals surface area contributed by atoms with E-state index in [2.05, 4.69) is 30.0 Å². The van der Waals surface area contributed by atoms with Gasteiger partial charge in [-0.1, -0.05) is 23.4 Å². The van der Waals surface area contributed by atoms with Gasteiger partial charge < -0.3 is 5.32 Å². The summed E-state index contributed by atoms with van der Waals surface area (Å²) in [6, 6.07) is 7.58. The number of rotatable bonds is 6. The Morgan fingerprint density at radius 1 is 1.26 bits per heavy atom. The molecule has 27 heavy (non-hydrogen) atoms. The number of nitrogens with one attached hydrogen (secondary N) is 1. The van der Waals surface area contributed by atoms with Crippen LogP contribution in [-0.4, -0.2) is 35.9 Å². The largest absolute Gasteiger partial charge is 0.310 e. The molecule has 0 spiro atoms. The van der Waals surface area contributed by atoms with Crippen molar-refractivity contribution in [3.63, 3.8) is 0 Å². The van der Waals surface area contributed by atoms with Crippen LogP contribution in [0.25, 0.3) is 11.4 Å². The number of nitrogens with zero attached hydrogens (tertiary/aromatic N) is 5. The smallest absolute Gasteiger partial charge is 0.238 e. The molecule has 0 aromatic carbocycles. The highest BCUT2D eigenvalue weighted by atomic mass is 35.5. The molecule has 138 valence electrons. The second-order valence-electron chi connectivity index (χ2n) is 6.25. The first kappa shape index (κ1) is 17.9. The van der Waals surface area contributed by atoms with Gasteiger partial charge in [-0.25, -0.2) is 4.98 Å². The van der Waals surface area contributed by atoms with Crippen molar-refractivity contribution in [2.24, 2.45) is 0 Å². The lowest BCUT2D eigenvalue weighted by atomic mass is 10.2. The van der Waals surface area contributed by atoms with Crippen molar-refractivity contribution in [1.29, 1.82) is 0 Å². The Morgan fingerprint density at radius 3 is 2.70 bits per heavy atom. The minimum absolute atomic E-state index is 0.148. The van der Waals surface area contributed by atoms with E-state index in [-0.39, 0.29) is 11.2 Å². The molecule has 3 aromatic rings. The van der Waals surface area contributed by atoms with Crippen molar-refractivity contribution >= 4 is 35.1 Å². The Labute approximate surface area is 165 Å². The predicted molar refractivity (Wildman–Crippen MR) is 105 cm³/mol. The summed E-state index contributed by atoms with van der Waals surface area (Å²) in [5, 5.41) is 12.4. The molecule has 1 aliphatic carbocycles. The van der Waals surface area contributed by atoms with Gasteiger partial charge in [-0.3, -0.25) is 14.3 Å². The van der Waals surface area contributed by atoms with Crippen molar-refractivity contribution in [3.05, 3.63) is 47.9 Å². The van der Waals surface area contributed by atoms with Crippen molar-refractivity contribution in [2.45, 2.75) is 36.2 Å². The molecule has 9 heteroatoms. The topological polar surface area (TPSA) is 85.6 Å². The molecule has 0 bridgehead atoms. The molecule has 7 nitrogen and oxygen atoms in total. The highest BCUT2D eigenvalue weighted by Crippen LogP contribution is 2.41. The predicted octanol–water partition coefficient (Wildman–Crippen LogP) is 3.84. The first-order chi connectivity index (χ1) is 13.1. The second-order valence-corrected chi connectivity index (χ2v) is 8.00. The number of carbonyl (C=O) groups excluding carboxylic acids is 1. The Bertz CT molecular complexity index is 942. The Morgan fingerprint density at radius 2 is 2.04 bits per heavy atom. The van der Waals surface area contributed by atoms with E-state index in [0.29, 0.717) is 16.9 Å². The molecule has 3 heterocycles. The van der Waals surface area contributed by atoms with Crippen LogP contribution < -0.4 is 5.32 Å². The molecule has 0 aliphatic heterocycles. The normalized spacial score (nSPS) is 14.7. The fourth-order valence-electron chi connectivity index (χ4n) is 2.61. The molecule has 0 radical (unpaired) electrons. The van der Waals surface area contributed by atoms with Gasteiger partial charge in [-0.2, -0.15) is 0 Å². The van der Waals surface area contributed by atoms with Crippen molar-refractivity contribution in [3.8, 4) is 11.4 Å². The van der Waals surface area contributed by atoms with Crippen LogP contribution in [0.2, 0.25) is 5.02 Å². The van der Waals surface area contributed by atoms with Crippen LogP contribution in [0.1, 0.15) is 25.8 Å². The van der Waals surface area contributed by atoms with Crippen LogP contribution in [0, 0.1) is 0 Å². The molecule has 1 saturated carbocycles. The zero-order valence-electron chi connectivity index (χ0n) is 14.5. The number of carbonyl (C=O) groups is 1. The molecule has 1 N–H and O–H groups in total. The number of amides is 1. The van der Waals surface area contributed by atoms with Crippen LogP contribution in [0.3, 0.4) is 0 Å². The molecule has 4 rings (SSSR count). The minimum atomic E-state index is -0.352.